The van der Waals surface area contributed by atoms with Crippen LogP contribution in [-0.2, 0) is 14.3 Å². The van der Waals surface area contributed by atoms with Gasteiger partial charge in [0.25, 0.3) is 10.1 Å². The maximum absolute atomic E-state index is 11.0. The third-order valence-corrected chi connectivity index (χ3v) is 4.20. The lowest BCUT2D eigenvalue weighted by molar-refractivity contribution is 0.0104. The minimum Gasteiger partial charge on any atom is -0.263 e. The lowest BCUT2D eigenvalue weighted by Gasteiger charge is -2.49. The Balaban J connectivity index is 2.15. The number of fused-ring (bicyclic) bond motifs is 1. The predicted molar refractivity (Wildman–Crippen MR) is 54.9 cm³/mol. The van der Waals surface area contributed by atoms with Crippen LogP contribution in [0.4, 0.5) is 0 Å². The molecule has 2 aliphatic carbocycles. The number of allylic oxidation sites excluding steroid dienone is 2. The molecule has 0 aromatic carbocycles. The zero-order valence-corrected chi connectivity index (χ0v) is 9.81. The molecule has 0 N–H and O–H groups in total. The van der Waals surface area contributed by atoms with E-state index in [0.29, 0.717) is 0 Å². The Bertz CT molecular complexity index is 374. The molecule has 0 aliphatic heterocycles. The molecular weight excluding hydrogens is 247 g/mol. The van der Waals surface area contributed by atoms with E-state index in [1.807, 2.05) is 12.2 Å². The maximum Gasteiger partial charge on any atom is 0.264 e. The van der Waals surface area contributed by atoms with Gasteiger partial charge in [-0.05, 0) is 6.42 Å². The van der Waals surface area contributed by atoms with Gasteiger partial charge < -0.3 is 0 Å². The van der Waals surface area contributed by atoms with Crippen molar-refractivity contribution >= 4 is 33.3 Å². The molecule has 1 fully saturated rings. The van der Waals surface area contributed by atoms with E-state index in [9.17, 15) is 8.42 Å². The quantitative estimate of drug-likeness (QED) is 0.429. The van der Waals surface area contributed by atoms with Crippen LogP contribution in [0.2, 0.25) is 0 Å². The van der Waals surface area contributed by atoms with Crippen LogP contribution in [0.15, 0.2) is 12.2 Å². The van der Waals surface area contributed by atoms with Crippen LogP contribution in [0.25, 0.3) is 0 Å². The van der Waals surface area contributed by atoms with Gasteiger partial charge >= 0.3 is 0 Å². The molecule has 6 heteroatoms. The van der Waals surface area contributed by atoms with E-state index in [2.05, 4.69) is 0 Å². The van der Waals surface area contributed by atoms with Crippen molar-refractivity contribution in [1.82, 2.24) is 0 Å². The summed E-state index contributed by atoms with van der Waals surface area (Å²) >= 11 is 12.0. The molecule has 0 spiro atoms. The lowest BCUT2D eigenvalue weighted by Crippen LogP contribution is -2.59. The Labute approximate surface area is 93.1 Å². The summed E-state index contributed by atoms with van der Waals surface area (Å²) in [6.07, 6.45) is 5.06. The van der Waals surface area contributed by atoms with Gasteiger partial charge in [-0.25, -0.2) is 0 Å². The molecule has 3 nitrogen and oxygen atoms in total. The highest BCUT2D eigenvalue weighted by Crippen LogP contribution is 2.58. The summed E-state index contributed by atoms with van der Waals surface area (Å²) in [5, 5.41) is 0. The van der Waals surface area contributed by atoms with Crippen molar-refractivity contribution in [3.63, 3.8) is 0 Å². The third kappa shape index (κ3) is 1.58. The molecule has 1 saturated carbocycles. The number of hydrogen-bond donors (Lipinski definition) is 0. The number of alkyl halides is 2. The van der Waals surface area contributed by atoms with Gasteiger partial charge in [0.2, 0.25) is 0 Å². The standard InChI is InChI=1S/C8H10Cl2O3S/c1-14(11,12)13-7-5-3-2-4-6(5)8(7,9)10/h2,4-7H,3H2,1H3. The van der Waals surface area contributed by atoms with Crippen LogP contribution >= 0.6 is 23.2 Å². The van der Waals surface area contributed by atoms with Gasteiger partial charge in [-0.2, -0.15) is 8.42 Å². The Morgan fingerprint density at radius 2 is 2.14 bits per heavy atom. The highest BCUT2D eigenvalue weighted by Gasteiger charge is 2.62. The second-order valence-electron chi connectivity index (χ2n) is 3.75. The van der Waals surface area contributed by atoms with Gasteiger partial charge in [-0.15, -0.1) is 0 Å². The fourth-order valence-electron chi connectivity index (χ4n) is 2.08. The molecule has 0 aromatic rings. The van der Waals surface area contributed by atoms with Crippen LogP contribution in [0, 0.1) is 11.8 Å². The van der Waals surface area contributed by atoms with Crippen molar-refractivity contribution < 1.29 is 12.6 Å². The fraction of sp³-hybridized carbons (Fsp3) is 0.750. The SMILES string of the molecule is CS(=O)(=O)OC1C2CC=CC2C1(Cl)Cl. The second-order valence-corrected chi connectivity index (χ2v) is 6.79. The zero-order chi connectivity index (χ0) is 10.6. The van der Waals surface area contributed by atoms with Crippen molar-refractivity contribution in [2.75, 3.05) is 6.26 Å². The van der Waals surface area contributed by atoms with Crippen LogP contribution in [0.3, 0.4) is 0 Å². The predicted octanol–water partition coefficient (Wildman–Crippen LogP) is 1.71. The molecule has 2 aliphatic rings. The van der Waals surface area contributed by atoms with E-state index < -0.39 is 20.6 Å². The van der Waals surface area contributed by atoms with Crippen LogP contribution < -0.4 is 0 Å². The van der Waals surface area contributed by atoms with Crippen LogP contribution in [-0.4, -0.2) is 25.1 Å². The maximum atomic E-state index is 11.0. The van der Waals surface area contributed by atoms with Crippen molar-refractivity contribution in [3.05, 3.63) is 12.2 Å². The van der Waals surface area contributed by atoms with Gasteiger partial charge in [0, 0.05) is 11.8 Å². The van der Waals surface area contributed by atoms with Crippen molar-refractivity contribution in [1.29, 1.82) is 0 Å². The van der Waals surface area contributed by atoms with Crippen LogP contribution in [0.5, 0.6) is 0 Å². The summed E-state index contributed by atoms with van der Waals surface area (Å²) in [5.74, 6) is 0.136. The second kappa shape index (κ2) is 3.11. The van der Waals surface area contributed by atoms with E-state index in [4.69, 9.17) is 27.4 Å². The Morgan fingerprint density at radius 1 is 1.50 bits per heavy atom. The van der Waals surface area contributed by atoms with E-state index >= 15 is 0 Å². The zero-order valence-electron chi connectivity index (χ0n) is 7.48. The molecule has 0 bridgehead atoms. The average molecular weight is 257 g/mol. The molecule has 2 rings (SSSR count). The third-order valence-electron chi connectivity index (χ3n) is 2.70. The summed E-state index contributed by atoms with van der Waals surface area (Å²) in [6, 6.07) is 0. The first-order chi connectivity index (χ1) is 6.32. The fourth-order valence-corrected chi connectivity index (χ4v) is 3.74. The first-order valence-electron chi connectivity index (χ1n) is 4.25. The average Bonchev–Trinajstić information content (AvgIpc) is 2.44. The lowest BCUT2D eigenvalue weighted by atomic mass is 9.72. The molecule has 80 valence electrons. The molecule has 0 heterocycles. The highest BCUT2D eigenvalue weighted by atomic mass is 35.5. The van der Waals surface area contributed by atoms with Gasteiger partial charge in [-0.3, -0.25) is 4.18 Å². The molecule has 0 radical (unpaired) electrons. The van der Waals surface area contributed by atoms with Gasteiger partial charge in [0.15, 0.2) is 4.33 Å². The van der Waals surface area contributed by atoms with E-state index in [0.717, 1.165) is 12.7 Å². The molecule has 3 atom stereocenters. The highest BCUT2D eigenvalue weighted by molar-refractivity contribution is 7.86. The monoisotopic (exact) mass is 256 g/mol. The summed E-state index contributed by atoms with van der Waals surface area (Å²) in [4.78, 5) is 0. The Morgan fingerprint density at radius 3 is 2.71 bits per heavy atom. The number of hydrogen-bond acceptors (Lipinski definition) is 3. The first-order valence-corrected chi connectivity index (χ1v) is 6.82. The summed E-state index contributed by atoms with van der Waals surface area (Å²) in [7, 11) is -3.49. The smallest absolute Gasteiger partial charge is 0.263 e. The molecule has 0 amide bonds. The number of halogens is 2. The summed E-state index contributed by atoms with van der Waals surface area (Å²) in [5.41, 5.74) is 0. The van der Waals surface area contributed by atoms with Gasteiger partial charge in [0.05, 0.1) is 6.26 Å². The summed E-state index contributed by atoms with van der Waals surface area (Å²) < 4.78 is 25.7. The molecule has 0 saturated heterocycles. The Hall–Kier alpha value is 0.230. The minimum atomic E-state index is -3.49. The van der Waals surface area contributed by atoms with E-state index in [1.165, 1.54) is 0 Å². The first kappa shape index (κ1) is 10.7. The normalized spacial score (nSPS) is 39.2. The Kier molecular flexibility index (Phi) is 2.38. The van der Waals surface area contributed by atoms with E-state index in [1.54, 1.807) is 0 Å². The van der Waals surface area contributed by atoms with Gasteiger partial charge in [0.1, 0.15) is 6.10 Å². The molecular formula is C8H10Cl2O3S. The van der Waals surface area contributed by atoms with Crippen molar-refractivity contribution in [2.45, 2.75) is 16.9 Å². The summed E-state index contributed by atoms with van der Waals surface area (Å²) in [6.45, 7) is 0. The molecule has 14 heavy (non-hydrogen) atoms. The van der Waals surface area contributed by atoms with Crippen molar-refractivity contribution in [2.24, 2.45) is 11.8 Å². The molecule has 0 aromatic heterocycles. The number of rotatable bonds is 2. The van der Waals surface area contributed by atoms with E-state index in [-0.39, 0.29) is 11.8 Å². The largest absolute Gasteiger partial charge is 0.264 e. The molecule has 3 unspecified atom stereocenters. The van der Waals surface area contributed by atoms with Crippen molar-refractivity contribution in [3.8, 4) is 0 Å². The van der Waals surface area contributed by atoms with Crippen LogP contribution in [0.1, 0.15) is 6.42 Å². The minimum absolute atomic E-state index is 0.0255. The van der Waals surface area contributed by atoms with Gasteiger partial charge in [-0.1, -0.05) is 35.4 Å². The topological polar surface area (TPSA) is 43.4 Å².